The zero-order valence-corrected chi connectivity index (χ0v) is 10.5. The number of rotatable bonds is 3. The van der Waals surface area contributed by atoms with Crippen LogP contribution in [0.25, 0.3) is 11.0 Å². The number of imidazole rings is 1. The number of nitrogens with one attached hydrogen (secondary N) is 1. The van der Waals surface area contributed by atoms with Crippen molar-refractivity contribution in [2.75, 3.05) is 0 Å². The summed E-state index contributed by atoms with van der Waals surface area (Å²) >= 11 is 0. The van der Waals surface area contributed by atoms with Gasteiger partial charge >= 0.3 is 0 Å². The average Bonchev–Trinajstić information content (AvgIpc) is 2.96. The largest absolute Gasteiger partial charge is 0.342 e. The Balaban J connectivity index is 1.94. The Bertz CT molecular complexity index is 507. The second-order valence-electron chi connectivity index (χ2n) is 5.19. The minimum Gasteiger partial charge on any atom is -0.342 e. The van der Waals surface area contributed by atoms with Crippen LogP contribution >= 0.6 is 0 Å². The maximum absolute atomic E-state index is 4.61. The lowest BCUT2D eigenvalue weighted by molar-refractivity contribution is 0.724. The van der Waals surface area contributed by atoms with Gasteiger partial charge in [0.15, 0.2) is 0 Å². The molecule has 17 heavy (non-hydrogen) atoms. The summed E-state index contributed by atoms with van der Waals surface area (Å²) in [6.07, 6.45) is 7.71. The Morgan fingerprint density at radius 2 is 2.12 bits per heavy atom. The normalized spacial score (nSPS) is 17.0. The van der Waals surface area contributed by atoms with Gasteiger partial charge in [0, 0.05) is 6.42 Å². The fourth-order valence-corrected chi connectivity index (χ4v) is 2.95. The lowest BCUT2D eigenvalue weighted by atomic mass is 9.97. The van der Waals surface area contributed by atoms with Gasteiger partial charge in [-0.05, 0) is 42.9 Å². The van der Waals surface area contributed by atoms with Crippen LogP contribution in [0.5, 0.6) is 0 Å². The van der Waals surface area contributed by atoms with Crippen molar-refractivity contribution in [1.82, 2.24) is 9.97 Å². The molecule has 1 saturated carbocycles. The third-order valence-corrected chi connectivity index (χ3v) is 3.87. The first kappa shape index (κ1) is 10.8. The van der Waals surface area contributed by atoms with Crippen LogP contribution in [0.1, 0.15) is 56.3 Å². The number of benzene rings is 1. The van der Waals surface area contributed by atoms with Crippen LogP contribution in [0, 0.1) is 0 Å². The van der Waals surface area contributed by atoms with Gasteiger partial charge in [0.1, 0.15) is 5.82 Å². The Hall–Kier alpha value is -1.31. The monoisotopic (exact) mass is 228 g/mol. The fourth-order valence-electron chi connectivity index (χ4n) is 2.95. The van der Waals surface area contributed by atoms with E-state index in [2.05, 4.69) is 35.1 Å². The van der Waals surface area contributed by atoms with Gasteiger partial charge in [-0.15, -0.1) is 0 Å². The lowest BCUT2D eigenvalue weighted by Crippen LogP contribution is -1.91. The summed E-state index contributed by atoms with van der Waals surface area (Å²) in [7, 11) is 0. The topological polar surface area (TPSA) is 28.7 Å². The summed E-state index contributed by atoms with van der Waals surface area (Å²) in [6, 6.07) is 6.77. The second kappa shape index (κ2) is 4.52. The minimum absolute atomic E-state index is 0.789. The summed E-state index contributed by atoms with van der Waals surface area (Å²) in [5.74, 6) is 1.92. The van der Waals surface area contributed by atoms with E-state index < -0.39 is 0 Å². The van der Waals surface area contributed by atoms with Crippen LogP contribution in [0.15, 0.2) is 18.2 Å². The van der Waals surface area contributed by atoms with Crippen LogP contribution < -0.4 is 0 Å². The van der Waals surface area contributed by atoms with E-state index in [1.165, 1.54) is 36.8 Å². The first-order chi connectivity index (χ1) is 8.36. The van der Waals surface area contributed by atoms with Gasteiger partial charge in [-0.1, -0.05) is 25.8 Å². The highest BCUT2D eigenvalue weighted by molar-refractivity contribution is 5.76. The molecule has 1 aromatic heterocycles. The molecule has 0 unspecified atom stereocenters. The van der Waals surface area contributed by atoms with E-state index in [0.29, 0.717) is 0 Å². The van der Waals surface area contributed by atoms with Gasteiger partial charge in [-0.2, -0.15) is 0 Å². The first-order valence-corrected chi connectivity index (χ1v) is 6.85. The van der Waals surface area contributed by atoms with Crippen LogP contribution in [0.3, 0.4) is 0 Å². The van der Waals surface area contributed by atoms with Crippen molar-refractivity contribution >= 4 is 11.0 Å². The summed E-state index contributed by atoms with van der Waals surface area (Å²) in [5.41, 5.74) is 3.84. The van der Waals surface area contributed by atoms with Gasteiger partial charge < -0.3 is 4.98 Å². The highest BCUT2D eigenvalue weighted by Gasteiger charge is 2.17. The number of aromatic nitrogens is 2. The molecule has 1 N–H and O–H groups in total. The number of aryl methyl sites for hydroxylation is 1. The van der Waals surface area contributed by atoms with E-state index in [1.807, 2.05) is 0 Å². The number of fused-ring (bicyclic) bond motifs is 1. The molecule has 0 spiro atoms. The molecule has 0 bridgehead atoms. The molecule has 0 saturated heterocycles. The molecule has 1 heterocycles. The van der Waals surface area contributed by atoms with Gasteiger partial charge in [-0.3, -0.25) is 0 Å². The Labute approximate surface area is 102 Å². The van der Waals surface area contributed by atoms with E-state index in [9.17, 15) is 0 Å². The molecule has 1 aliphatic rings. The molecule has 90 valence electrons. The minimum atomic E-state index is 0.789. The summed E-state index contributed by atoms with van der Waals surface area (Å²) in [4.78, 5) is 8.06. The third kappa shape index (κ3) is 2.08. The molecule has 0 atom stereocenters. The second-order valence-corrected chi connectivity index (χ2v) is 5.19. The number of nitrogens with zero attached hydrogens (tertiary/aromatic N) is 1. The molecule has 3 rings (SSSR count). The van der Waals surface area contributed by atoms with Crippen molar-refractivity contribution in [3.63, 3.8) is 0 Å². The van der Waals surface area contributed by atoms with E-state index >= 15 is 0 Å². The van der Waals surface area contributed by atoms with Crippen molar-refractivity contribution in [3.8, 4) is 0 Å². The van der Waals surface area contributed by atoms with Crippen molar-refractivity contribution in [2.24, 2.45) is 0 Å². The lowest BCUT2D eigenvalue weighted by Gasteiger charge is -2.08. The molecular formula is C15H20N2. The van der Waals surface area contributed by atoms with Crippen LogP contribution in [-0.4, -0.2) is 9.97 Å². The van der Waals surface area contributed by atoms with Gasteiger partial charge in [0.05, 0.1) is 11.0 Å². The molecule has 2 nitrogen and oxygen atoms in total. The van der Waals surface area contributed by atoms with Gasteiger partial charge in [0.2, 0.25) is 0 Å². The highest BCUT2D eigenvalue weighted by atomic mass is 14.9. The van der Waals surface area contributed by atoms with Crippen molar-refractivity contribution in [3.05, 3.63) is 29.6 Å². The Morgan fingerprint density at radius 1 is 1.29 bits per heavy atom. The molecule has 1 fully saturated rings. The van der Waals surface area contributed by atoms with Crippen LogP contribution in [-0.2, 0) is 6.42 Å². The van der Waals surface area contributed by atoms with Crippen molar-refractivity contribution in [2.45, 2.75) is 51.4 Å². The zero-order valence-electron chi connectivity index (χ0n) is 10.5. The number of aromatic amines is 1. The van der Waals surface area contributed by atoms with E-state index in [0.717, 1.165) is 30.1 Å². The average molecular weight is 228 g/mol. The van der Waals surface area contributed by atoms with E-state index in [1.54, 1.807) is 0 Å². The van der Waals surface area contributed by atoms with Crippen molar-refractivity contribution in [1.29, 1.82) is 0 Å². The molecule has 0 radical (unpaired) electrons. The highest BCUT2D eigenvalue weighted by Crippen LogP contribution is 2.34. The predicted octanol–water partition coefficient (Wildman–Crippen LogP) is 4.17. The Morgan fingerprint density at radius 3 is 2.88 bits per heavy atom. The summed E-state index contributed by atoms with van der Waals surface area (Å²) in [6.45, 7) is 2.19. The summed E-state index contributed by atoms with van der Waals surface area (Å²) in [5, 5.41) is 0. The smallest absolute Gasteiger partial charge is 0.107 e. The predicted molar refractivity (Wildman–Crippen MR) is 71.3 cm³/mol. The summed E-state index contributed by atoms with van der Waals surface area (Å²) < 4.78 is 0. The molecule has 0 amide bonds. The number of hydrogen-bond donors (Lipinski definition) is 1. The molecule has 2 heteroatoms. The van der Waals surface area contributed by atoms with Gasteiger partial charge in [-0.25, -0.2) is 4.98 Å². The first-order valence-electron chi connectivity index (χ1n) is 6.85. The molecule has 0 aliphatic heterocycles. The maximum atomic E-state index is 4.61. The van der Waals surface area contributed by atoms with E-state index in [-0.39, 0.29) is 0 Å². The Kier molecular flexibility index (Phi) is 2.87. The zero-order chi connectivity index (χ0) is 11.7. The molecule has 1 aliphatic carbocycles. The van der Waals surface area contributed by atoms with E-state index in [4.69, 9.17) is 0 Å². The molecule has 1 aromatic carbocycles. The number of hydrogen-bond acceptors (Lipinski definition) is 1. The van der Waals surface area contributed by atoms with Crippen LogP contribution in [0.2, 0.25) is 0 Å². The number of H-pyrrole nitrogens is 1. The fraction of sp³-hybridized carbons (Fsp3) is 0.533. The standard InChI is InChI=1S/C15H20N2/c1-2-5-15-16-13-9-8-12(10-14(13)17-15)11-6-3-4-7-11/h8-11H,2-7H2,1H3,(H,16,17). The third-order valence-electron chi connectivity index (χ3n) is 3.87. The van der Waals surface area contributed by atoms with Crippen molar-refractivity contribution < 1.29 is 0 Å². The molecule has 2 aromatic rings. The SMILES string of the molecule is CCCc1nc2ccc(C3CCCC3)cc2[nH]1. The molecular weight excluding hydrogens is 208 g/mol. The maximum Gasteiger partial charge on any atom is 0.107 e. The van der Waals surface area contributed by atoms with Gasteiger partial charge in [0.25, 0.3) is 0 Å². The quantitative estimate of drug-likeness (QED) is 0.839. The van der Waals surface area contributed by atoms with Crippen LogP contribution in [0.4, 0.5) is 0 Å².